The SMILES string of the molecule is CCc1cnc(CCNC(=NC)NCCc2cc3ccccc3o2)s1.I. The van der Waals surface area contributed by atoms with Crippen LogP contribution in [0.2, 0.25) is 0 Å². The summed E-state index contributed by atoms with van der Waals surface area (Å²) in [4.78, 5) is 10.0. The van der Waals surface area contributed by atoms with E-state index in [1.54, 1.807) is 18.4 Å². The molecule has 7 heteroatoms. The third-order valence-corrected chi connectivity index (χ3v) is 5.15. The second kappa shape index (κ2) is 10.5. The van der Waals surface area contributed by atoms with Gasteiger partial charge in [-0.25, -0.2) is 4.98 Å². The summed E-state index contributed by atoms with van der Waals surface area (Å²) in [6, 6.07) is 10.2. The minimum atomic E-state index is 0. The lowest BCUT2D eigenvalue weighted by Crippen LogP contribution is -2.39. The molecule has 140 valence electrons. The second-order valence-corrected chi connectivity index (χ2v) is 6.95. The molecule has 1 aromatic carbocycles. The van der Waals surface area contributed by atoms with Crippen LogP contribution in [0.25, 0.3) is 11.0 Å². The highest BCUT2D eigenvalue weighted by molar-refractivity contribution is 14.0. The van der Waals surface area contributed by atoms with Crippen molar-refractivity contribution in [1.82, 2.24) is 15.6 Å². The van der Waals surface area contributed by atoms with Gasteiger partial charge in [0.15, 0.2) is 5.96 Å². The van der Waals surface area contributed by atoms with Crippen LogP contribution >= 0.6 is 35.3 Å². The number of benzene rings is 1. The van der Waals surface area contributed by atoms with Crippen LogP contribution in [0.5, 0.6) is 0 Å². The summed E-state index contributed by atoms with van der Waals surface area (Å²) in [5.41, 5.74) is 0.940. The average molecular weight is 484 g/mol. The minimum Gasteiger partial charge on any atom is -0.461 e. The van der Waals surface area contributed by atoms with Gasteiger partial charge in [0.1, 0.15) is 11.3 Å². The van der Waals surface area contributed by atoms with Gasteiger partial charge in [-0.2, -0.15) is 0 Å². The normalized spacial score (nSPS) is 11.4. The number of fused-ring (bicyclic) bond motifs is 1. The number of nitrogens with zero attached hydrogens (tertiary/aromatic N) is 2. The van der Waals surface area contributed by atoms with E-state index in [0.29, 0.717) is 0 Å². The lowest BCUT2D eigenvalue weighted by atomic mass is 10.2. The Bertz CT molecular complexity index is 810. The van der Waals surface area contributed by atoms with Gasteiger partial charge >= 0.3 is 0 Å². The van der Waals surface area contributed by atoms with Gasteiger partial charge in [-0.15, -0.1) is 35.3 Å². The van der Waals surface area contributed by atoms with Crippen LogP contribution in [0.4, 0.5) is 0 Å². The average Bonchev–Trinajstić information content (AvgIpc) is 3.26. The standard InChI is InChI=1S/C19H24N4OS.HI/c1-3-16-13-23-18(25-16)9-11-22-19(20-2)21-10-8-15-12-14-6-4-5-7-17(14)24-15;/h4-7,12-13H,3,8-11H2,1-2H3,(H2,20,21,22);1H. The van der Waals surface area contributed by atoms with Crippen molar-refractivity contribution in [3.63, 3.8) is 0 Å². The van der Waals surface area contributed by atoms with Crippen LogP contribution in [0.3, 0.4) is 0 Å². The van der Waals surface area contributed by atoms with Crippen molar-refractivity contribution in [3.8, 4) is 0 Å². The van der Waals surface area contributed by atoms with Crippen molar-refractivity contribution in [2.75, 3.05) is 20.1 Å². The highest BCUT2D eigenvalue weighted by atomic mass is 127. The van der Waals surface area contributed by atoms with Gasteiger partial charge in [0.05, 0.1) is 5.01 Å². The fourth-order valence-corrected chi connectivity index (χ4v) is 3.46. The molecule has 0 fully saturated rings. The van der Waals surface area contributed by atoms with Gasteiger partial charge in [-0.05, 0) is 18.6 Å². The van der Waals surface area contributed by atoms with E-state index < -0.39 is 0 Å². The molecule has 0 aliphatic rings. The summed E-state index contributed by atoms with van der Waals surface area (Å²) >= 11 is 1.79. The number of furan rings is 1. The Labute approximate surface area is 175 Å². The van der Waals surface area contributed by atoms with E-state index in [4.69, 9.17) is 4.42 Å². The molecule has 0 amide bonds. The van der Waals surface area contributed by atoms with Gasteiger partial charge in [-0.1, -0.05) is 25.1 Å². The number of para-hydroxylation sites is 1. The quantitative estimate of drug-likeness (QED) is 0.302. The molecule has 0 spiro atoms. The molecule has 0 saturated heterocycles. The van der Waals surface area contributed by atoms with Gasteiger partial charge in [0.2, 0.25) is 0 Å². The van der Waals surface area contributed by atoms with Crippen molar-refractivity contribution in [2.24, 2.45) is 4.99 Å². The molecule has 3 aromatic rings. The van der Waals surface area contributed by atoms with Crippen molar-refractivity contribution in [2.45, 2.75) is 26.2 Å². The van der Waals surface area contributed by atoms with E-state index in [0.717, 1.165) is 55.0 Å². The molecule has 0 unspecified atom stereocenters. The topological polar surface area (TPSA) is 62.5 Å². The summed E-state index contributed by atoms with van der Waals surface area (Å²) in [6.07, 6.45) is 4.76. The van der Waals surface area contributed by atoms with E-state index in [-0.39, 0.29) is 24.0 Å². The maximum Gasteiger partial charge on any atom is 0.191 e. The Kier molecular flexibility index (Phi) is 8.37. The van der Waals surface area contributed by atoms with Crippen LogP contribution in [-0.4, -0.2) is 31.1 Å². The molecule has 2 N–H and O–H groups in total. The molecule has 26 heavy (non-hydrogen) atoms. The van der Waals surface area contributed by atoms with Crippen molar-refractivity contribution in [3.05, 3.63) is 52.2 Å². The lowest BCUT2D eigenvalue weighted by molar-refractivity contribution is 0.544. The number of aromatic nitrogens is 1. The zero-order valence-electron chi connectivity index (χ0n) is 15.1. The number of aryl methyl sites for hydroxylation is 1. The maximum absolute atomic E-state index is 5.83. The summed E-state index contributed by atoms with van der Waals surface area (Å²) in [6.45, 7) is 3.75. The number of guanidine groups is 1. The molecule has 3 rings (SSSR count). The van der Waals surface area contributed by atoms with Crippen molar-refractivity contribution < 1.29 is 4.42 Å². The Morgan fingerprint density at radius 2 is 1.96 bits per heavy atom. The summed E-state index contributed by atoms with van der Waals surface area (Å²) in [5.74, 6) is 1.79. The molecule has 0 aliphatic carbocycles. The number of hydrogen-bond acceptors (Lipinski definition) is 4. The predicted molar refractivity (Wildman–Crippen MR) is 120 cm³/mol. The Morgan fingerprint density at radius 1 is 1.19 bits per heavy atom. The van der Waals surface area contributed by atoms with E-state index in [2.05, 4.69) is 39.7 Å². The maximum atomic E-state index is 5.83. The van der Waals surface area contributed by atoms with Crippen LogP contribution < -0.4 is 10.6 Å². The van der Waals surface area contributed by atoms with Gasteiger partial charge in [-0.3, -0.25) is 4.99 Å². The first kappa shape index (κ1) is 20.7. The van der Waals surface area contributed by atoms with Crippen molar-refractivity contribution >= 4 is 52.2 Å². The number of halogens is 1. The van der Waals surface area contributed by atoms with Gasteiger partial charge < -0.3 is 15.1 Å². The van der Waals surface area contributed by atoms with E-state index >= 15 is 0 Å². The summed E-state index contributed by atoms with van der Waals surface area (Å²) in [7, 11) is 1.79. The molecule has 0 aliphatic heterocycles. The Hall–Kier alpha value is -1.61. The molecule has 0 bridgehead atoms. The fourth-order valence-electron chi connectivity index (χ4n) is 2.60. The van der Waals surface area contributed by atoms with Crippen LogP contribution in [0.1, 0.15) is 22.6 Å². The van der Waals surface area contributed by atoms with Crippen LogP contribution in [-0.2, 0) is 19.3 Å². The molecule has 2 heterocycles. The number of rotatable bonds is 7. The lowest BCUT2D eigenvalue weighted by Gasteiger charge is -2.10. The molecule has 5 nitrogen and oxygen atoms in total. The van der Waals surface area contributed by atoms with Gasteiger partial charge in [0, 0.05) is 49.4 Å². The zero-order chi connectivity index (χ0) is 17.5. The summed E-state index contributed by atoms with van der Waals surface area (Å²) in [5, 5.41) is 8.98. The third-order valence-electron chi connectivity index (χ3n) is 3.95. The number of thiazole rings is 1. The fraction of sp³-hybridized carbons (Fsp3) is 0.368. The first-order valence-electron chi connectivity index (χ1n) is 8.64. The van der Waals surface area contributed by atoms with E-state index in [9.17, 15) is 0 Å². The smallest absolute Gasteiger partial charge is 0.191 e. The molecular formula is C19H25IN4OS. The van der Waals surface area contributed by atoms with Crippen LogP contribution in [0.15, 0.2) is 45.9 Å². The molecule has 2 aromatic heterocycles. The molecule has 0 atom stereocenters. The molecular weight excluding hydrogens is 459 g/mol. The first-order chi connectivity index (χ1) is 12.3. The first-order valence-corrected chi connectivity index (χ1v) is 9.45. The van der Waals surface area contributed by atoms with E-state index in [1.807, 2.05) is 24.4 Å². The highest BCUT2D eigenvalue weighted by Gasteiger charge is 2.04. The molecule has 0 saturated carbocycles. The zero-order valence-corrected chi connectivity index (χ0v) is 18.3. The van der Waals surface area contributed by atoms with Crippen LogP contribution in [0, 0.1) is 0 Å². The summed E-state index contributed by atoms with van der Waals surface area (Å²) < 4.78 is 5.83. The second-order valence-electron chi connectivity index (χ2n) is 5.75. The Morgan fingerprint density at radius 3 is 2.65 bits per heavy atom. The monoisotopic (exact) mass is 484 g/mol. The number of aliphatic imine (C=N–C) groups is 1. The molecule has 0 radical (unpaired) electrons. The third kappa shape index (κ3) is 5.70. The largest absolute Gasteiger partial charge is 0.461 e. The number of hydrogen-bond donors (Lipinski definition) is 2. The Balaban J connectivity index is 0.00000243. The van der Waals surface area contributed by atoms with Crippen molar-refractivity contribution in [1.29, 1.82) is 0 Å². The number of nitrogens with one attached hydrogen (secondary N) is 2. The highest BCUT2D eigenvalue weighted by Crippen LogP contribution is 2.18. The predicted octanol–water partition coefficient (Wildman–Crippen LogP) is 4.02. The van der Waals surface area contributed by atoms with Gasteiger partial charge in [0.25, 0.3) is 0 Å². The van der Waals surface area contributed by atoms with E-state index in [1.165, 1.54) is 9.88 Å². The minimum absolute atomic E-state index is 0.